The van der Waals surface area contributed by atoms with Crippen LogP contribution in [0.3, 0.4) is 0 Å². The van der Waals surface area contributed by atoms with Crippen LogP contribution < -0.4 is 10.0 Å². The zero-order chi connectivity index (χ0) is 19.3. The molecular formula is C20H25N3O3S. The monoisotopic (exact) mass is 387 g/mol. The SMILES string of the molecule is CNS(=O)(=O)c1cccc(C(=O)NCc2ccc(CN3CCCC3)cc2)c1. The van der Waals surface area contributed by atoms with Gasteiger partial charge in [-0.05, 0) is 62.3 Å². The third kappa shape index (κ3) is 5.15. The number of benzene rings is 2. The van der Waals surface area contributed by atoms with E-state index in [2.05, 4.69) is 27.1 Å². The summed E-state index contributed by atoms with van der Waals surface area (Å²) in [7, 11) is -2.23. The zero-order valence-electron chi connectivity index (χ0n) is 15.4. The first-order chi connectivity index (χ1) is 13.0. The maximum Gasteiger partial charge on any atom is 0.251 e. The minimum absolute atomic E-state index is 0.0731. The van der Waals surface area contributed by atoms with Crippen molar-refractivity contribution >= 4 is 15.9 Å². The summed E-state index contributed by atoms with van der Waals surface area (Å²) in [5.41, 5.74) is 2.60. The maximum atomic E-state index is 12.3. The maximum absolute atomic E-state index is 12.3. The quantitative estimate of drug-likeness (QED) is 0.763. The highest BCUT2D eigenvalue weighted by Crippen LogP contribution is 2.14. The molecule has 1 aliphatic rings. The molecule has 2 aromatic rings. The molecule has 3 rings (SSSR count). The third-order valence-corrected chi connectivity index (χ3v) is 6.17. The summed E-state index contributed by atoms with van der Waals surface area (Å²) in [5, 5.41) is 2.84. The molecule has 0 spiro atoms. The molecule has 1 heterocycles. The van der Waals surface area contributed by atoms with Gasteiger partial charge in [-0.15, -0.1) is 0 Å². The Kier molecular flexibility index (Phi) is 6.26. The van der Waals surface area contributed by atoms with Crippen molar-refractivity contribution in [1.29, 1.82) is 0 Å². The third-order valence-electron chi connectivity index (χ3n) is 4.76. The van der Waals surface area contributed by atoms with Crippen LogP contribution in [-0.4, -0.2) is 39.4 Å². The van der Waals surface area contributed by atoms with E-state index >= 15 is 0 Å². The summed E-state index contributed by atoms with van der Waals surface area (Å²) in [4.78, 5) is 14.9. The van der Waals surface area contributed by atoms with Crippen molar-refractivity contribution < 1.29 is 13.2 Å². The minimum atomic E-state index is -3.57. The first kappa shape index (κ1) is 19.5. The highest BCUT2D eigenvalue weighted by atomic mass is 32.2. The van der Waals surface area contributed by atoms with Crippen LogP contribution in [0.5, 0.6) is 0 Å². The van der Waals surface area contributed by atoms with E-state index in [-0.39, 0.29) is 10.8 Å². The van der Waals surface area contributed by atoms with Crippen LogP contribution in [0, 0.1) is 0 Å². The number of carbonyl (C=O) groups is 1. The summed E-state index contributed by atoms with van der Waals surface area (Å²) in [6, 6.07) is 14.2. The van der Waals surface area contributed by atoms with E-state index in [1.807, 2.05) is 12.1 Å². The lowest BCUT2D eigenvalue weighted by Crippen LogP contribution is -2.24. The molecule has 0 aliphatic carbocycles. The molecule has 1 fully saturated rings. The van der Waals surface area contributed by atoms with Gasteiger partial charge in [-0.1, -0.05) is 30.3 Å². The van der Waals surface area contributed by atoms with Crippen LogP contribution in [0.25, 0.3) is 0 Å². The first-order valence-electron chi connectivity index (χ1n) is 9.10. The van der Waals surface area contributed by atoms with Crippen LogP contribution in [-0.2, 0) is 23.1 Å². The van der Waals surface area contributed by atoms with E-state index in [9.17, 15) is 13.2 Å². The Morgan fingerprint density at radius 3 is 2.37 bits per heavy atom. The lowest BCUT2D eigenvalue weighted by atomic mass is 10.1. The largest absolute Gasteiger partial charge is 0.348 e. The second-order valence-electron chi connectivity index (χ2n) is 6.72. The fraction of sp³-hybridized carbons (Fsp3) is 0.350. The van der Waals surface area contributed by atoms with Crippen molar-refractivity contribution in [1.82, 2.24) is 14.9 Å². The fourth-order valence-corrected chi connectivity index (χ4v) is 3.94. The highest BCUT2D eigenvalue weighted by Gasteiger charge is 2.14. The van der Waals surface area contributed by atoms with Crippen LogP contribution in [0.1, 0.15) is 34.3 Å². The zero-order valence-corrected chi connectivity index (χ0v) is 16.3. The van der Waals surface area contributed by atoms with Crippen LogP contribution in [0.2, 0.25) is 0 Å². The molecule has 144 valence electrons. The Balaban J connectivity index is 1.58. The summed E-state index contributed by atoms with van der Waals surface area (Å²) >= 11 is 0. The van der Waals surface area contributed by atoms with E-state index in [4.69, 9.17) is 0 Å². The average Bonchev–Trinajstić information content (AvgIpc) is 3.20. The number of nitrogens with one attached hydrogen (secondary N) is 2. The molecule has 2 N–H and O–H groups in total. The number of likely N-dealkylation sites (tertiary alicyclic amines) is 1. The van der Waals surface area contributed by atoms with Crippen molar-refractivity contribution in [3.63, 3.8) is 0 Å². The Labute approximate surface area is 160 Å². The second-order valence-corrected chi connectivity index (χ2v) is 8.60. The van der Waals surface area contributed by atoms with Gasteiger partial charge in [0.1, 0.15) is 0 Å². The molecule has 0 atom stereocenters. The number of sulfonamides is 1. The lowest BCUT2D eigenvalue weighted by Gasteiger charge is -2.14. The van der Waals surface area contributed by atoms with E-state index in [0.717, 1.165) is 12.1 Å². The van der Waals surface area contributed by atoms with Gasteiger partial charge >= 0.3 is 0 Å². The highest BCUT2D eigenvalue weighted by molar-refractivity contribution is 7.89. The van der Waals surface area contributed by atoms with E-state index in [0.29, 0.717) is 12.1 Å². The van der Waals surface area contributed by atoms with Crippen molar-refractivity contribution in [2.75, 3.05) is 20.1 Å². The molecule has 1 aliphatic heterocycles. The normalized spacial score (nSPS) is 15.0. The average molecular weight is 388 g/mol. The lowest BCUT2D eigenvalue weighted by molar-refractivity contribution is 0.0950. The van der Waals surface area contributed by atoms with Gasteiger partial charge in [0.05, 0.1) is 4.90 Å². The molecule has 0 bridgehead atoms. The molecular weight excluding hydrogens is 362 g/mol. The van der Waals surface area contributed by atoms with Crippen molar-refractivity contribution in [3.05, 3.63) is 65.2 Å². The molecule has 7 heteroatoms. The summed E-state index contributed by atoms with van der Waals surface area (Å²) in [5.74, 6) is -0.302. The standard InChI is InChI=1S/C20H25N3O3S/c1-21-27(25,26)19-6-4-5-18(13-19)20(24)22-14-16-7-9-17(10-8-16)15-23-11-2-3-12-23/h4-10,13,21H,2-3,11-12,14-15H2,1H3,(H,22,24). The molecule has 0 unspecified atom stereocenters. The fourth-order valence-electron chi connectivity index (χ4n) is 3.17. The van der Waals surface area contributed by atoms with E-state index in [1.54, 1.807) is 12.1 Å². The number of carbonyl (C=O) groups excluding carboxylic acids is 1. The number of nitrogens with zero attached hydrogens (tertiary/aromatic N) is 1. The van der Waals surface area contributed by atoms with Crippen LogP contribution in [0.4, 0.5) is 0 Å². The number of hydrogen-bond donors (Lipinski definition) is 2. The van der Waals surface area contributed by atoms with Gasteiger partial charge in [-0.25, -0.2) is 13.1 Å². The number of hydrogen-bond acceptors (Lipinski definition) is 4. The smallest absolute Gasteiger partial charge is 0.251 e. The van der Waals surface area contributed by atoms with Gasteiger partial charge in [0.15, 0.2) is 0 Å². The minimum Gasteiger partial charge on any atom is -0.348 e. The number of amides is 1. The van der Waals surface area contributed by atoms with Crippen molar-refractivity contribution in [2.24, 2.45) is 0 Å². The Bertz CT molecular complexity index is 889. The van der Waals surface area contributed by atoms with Crippen molar-refractivity contribution in [3.8, 4) is 0 Å². The van der Waals surface area contributed by atoms with Gasteiger partial charge in [0.2, 0.25) is 10.0 Å². The summed E-state index contributed by atoms with van der Waals surface area (Å²) in [6.07, 6.45) is 2.56. The number of rotatable bonds is 7. The Hall–Kier alpha value is -2.22. The topological polar surface area (TPSA) is 78.5 Å². The van der Waals surface area contributed by atoms with Gasteiger partial charge in [-0.2, -0.15) is 0 Å². The van der Waals surface area contributed by atoms with Crippen LogP contribution >= 0.6 is 0 Å². The summed E-state index contributed by atoms with van der Waals surface area (Å²) < 4.78 is 26.0. The summed E-state index contributed by atoms with van der Waals surface area (Å²) in [6.45, 7) is 3.70. The van der Waals surface area contributed by atoms with E-state index in [1.165, 1.54) is 50.7 Å². The molecule has 0 radical (unpaired) electrons. The van der Waals surface area contributed by atoms with Crippen molar-refractivity contribution in [2.45, 2.75) is 30.8 Å². The van der Waals surface area contributed by atoms with Gasteiger partial charge in [0.25, 0.3) is 5.91 Å². The van der Waals surface area contributed by atoms with Gasteiger partial charge in [-0.3, -0.25) is 9.69 Å². The predicted octanol–water partition coefficient (Wildman–Crippen LogP) is 2.12. The Morgan fingerprint density at radius 2 is 1.70 bits per heavy atom. The predicted molar refractivity (Wildman–Crippen MR) is 105 cm³/mol. The van der Waals surface area contributed by atoms with E-state index < -0.39 is 10.0 Å². The van der Waals surface area contributed by atoms with Crippen LogP contribution in [0.15, 0.2) is 53.4 Å². The molecule has 1 amide bonds. The van der Waals surface area contributed by atoms with Gasteiger partial charge in [0, 0.05) is 18.7 Å². The molecule has 0 aromatic heterocycles. The second kappa shape index (κ2) is 8.65. The Morgan fingerprint density at radius 1 is 1.04 bits per heavy atom. The first-order valence-corrected chi connectivity index (χ1v) is 10.6. The molecule has 2 aromatic carbocycles. The molecule has 27 heavy (non-hydrogen) atoms. The molecule has 0 saturated carbocycles. The molecule has 6 nitrogen and oxygen atoms in total. The molecule has 1 saturated heterocycles. The van der Waals surface area contributed by atoms with Gasteiger partial charge < -0.3 is 5.32 Å².